The molecule has 0 unspecified atom stereocenters. The number of imidazole rings is 2. The minimum Gasteiger partial charge on any atom is -0.779 e. The van der Waals surface area contributed by atoms with Crippen LogP contribution in [0.4, 0.5) is 5.69 Å². The van der Waals surface area contributed by atoms with Gasteiger partial charge in [-0.2, -0.15) is 4.90 Å². The summed E-state index contributed by atoms with van der Waals surface area (Å²) in [6, 6.07) is 30.9. The van der Waals surface area contributed by atoms with Crippen LogP contribution in [-0.2, 0) is 32.7 Å². The second-order valence-corrected chi connectivity index (χ2v) is 14.9. The number of nitrogens with zero attached hydrogens (tertiary/aromatic N) is 5. The van der Waals surface area contributed by atoms with E-state index in [1.807, 2.05) is 42.7 Å². The van der Waals surface area contributed by atoms with Crippen molar-refractivity contribution in [3.05, 3.63) is 132 Å². The van der Waals surface area contributed by atoms with E-state index in [1.165, 1.54) is 33.4 Å². The molecule has 0 fully saturated rings. The van der Waals surface area contributed by atoms with Crippen molar-refractivity contribution >= 4 is 30.8 Å². The van der Waals surface area contributed by atoms with Crippen LogP contribution in [0.3, 0.4) is 0 Å². The van der Waals surface area contributed by atoms with Crippen molar-refractivity contribution in [3.63, 3.8) is 0 Å². The molecule has 0 N–H and O–H groups in total. The number of anilines is 1. The maximum absolute atomic E-state index is 5.64. The molecule has 3 heterocycles. The molecule has 0 saturated carbocycles. The molecule has 51 heavy (non-hydrogen) atoms. The molecule has 4 aromatic carbocycles. The monoisotopic (exact) mass is 870 g/mol. The molecule has 0 aliphatic carbocycles. The van der Waals surface area contributed by atoms with Gasteiger partial charge in [0.1, 0.15) is 5.82 Å². The Balaban J connectivity index is 0.000000196. The second-order valence-electron chi connectivity index (χ2n) is 14.4. The number of fused-ring (bicyclic) bond motifs is 3. The Morgan fingerprint density at radius 1 is 0.647 bits per heavy atom. The average Bonchev–Trinajstić information content (AvgIpc) is 3.79. The van der Waals surface area contributed by atoms with Crippen LogP contribution in [0.1, 0.15) is 101 Å². The van der Waals surface area contributed by atoms with E-state index < -0.39 is 0 Å². The summed E-state index contributed by atoms with van der Waals surface area (Å²) in [7, 11) is 2.17. The Morgan fingerprint density at radius 2 is 1.20 bits per heavy atom. The molecule has 0 bridgehead atoms. The summed E-state index contributed by atoms with van der Waals surface area (Å²) in [6.45, 7) is 18.1. The zero-order chi connectivity index (χ0) is 35.7. The summed E-state index contributed by atoms with van der Waals surface area (Å²) in [5.41, 5.74) is 11.4. The van der Waals surface area contributed by atoms with Crippen LogP contribution in [0.2, 0.25) is 0 Å². The zero-order valence-corrected chi connectivity index (χ0v) is 34.4. The van der Waals surface area contributed by atoms with E-state index in [1.54, 1.807) is 0 Å². The van der Waals surface area contributed by atoms with Crippen LogP contribution in [0, 0.1) is 6.07 Å². The van der Waals surface area contributed by atoms with Gasteiger partial charge in [-0.15, -0.1) is 35.9 Å². The van der Waals surface area contributed by atoms with E-state index >= 15 is 0 Å². The Hall–Kier alpha value is -3.97. The van der Waals surface area contributed by atoms with Crippen molar-refractivity contribution in [1.29, 1.82) is 0 Å². The summed E-state index contributed by atoms with van der Waals surface area (Å²) in [5.74, 6) is 3.72. The first-order valence-electron chi connectivity index (χ1n) is 17.8. The SMILES string of the molecule is CC(C)c1cccc(C(C)C)c1-n1ccnc1-c1[c-]cccc1.CC(C)c1cccc(C(C)C)c1B1N(C)c2cccc([S-])c2-c2nccn21.[Ir]. The third-order valence-corrected chi connectivity index (χ3v) is 10.1. The summed E-state index contributed by atoms with van der Waals surface area (Å²) >= 11 is 5.64. The number of benzene rings is 4. The Bertz CT molecular complexity index is 2030. The number of hydrogen-bond donors (Lipinski definition) is 0. The molecule has 5 nitrogen and oxygen atoms in total. The van der Waals surface area contributed by atoms with Crippen molar-refractivity contribution < 1.29 is 20.1 Å². The van der Waals surface area contributed by atoms with Gasteiger partial charge in [-0.05, 0) is 64.5 Å². The minimum absolute atomic E-state index is 0. The van der Waals surface area contributed by atoms with Crippen LogP contribution in [0.25, 0.3) is 28.5 Å². The smallest absolute Gasteiger partial charge is 0.417 e. The van der Waals surface area contributed by atoms with Gasteiger partial charge < -0.3 is 26.5 Å². The van der Waals surface area contributed by atoms with Crippen molar-refractivity contribution in [2.45, 2.75) is 84.0 Å². The fourth-order valence-corrected chi connectivity index (χ4v) is 7.58. The van der Waals surface area contributed by atoms with E-state index in [0.29, 0.717) is 23.7 Å². The molecular formula is C43H48BIrN5S-2. The molecule has 0 amide bonds. The number of hydrogen-bond acceptors (Lipinski definition) is 4. The molecule has 1 radical (unpaired) electrons. The molecule has 6 aromatic rings. The first-order valence-corrected chi connectivity index (χ1v) is 18.2. The van der Waals surface area contributed by atoms with Crippen LogP contribution in [0.5, 0.6) is 0 Å². The summed E-state index contributed by atoms with van der Waals surface area (Å²) in [6.07, 6.45) is 7.91. The fraction of sp³-hybridized carbons (Fsp3) is 0.302. The second kappa shape index (κ2) is 16.1. The van der Waals surface area contributed by atoms with E-state index in [9.17, 15) is 0 Å². The summed E-state index contributed by atoms with van der Waals surface area (Å²) in [5, 5.41) is 0. The first-order chi connectivity index (χ1) is 24.0. The third kappa shape index (κ3) is 7.37. The number of rotatable bonds is 7. The minimum atomic E-state index is 0. The Morgan fingerprint density at radius 3 is 1.76 bits per heavy atom. The van der Waals surface area contributed by atoms with Crippen LogP contribution in [-0.4, -0.2) is 33.0 Å². The molecule has 1 aliphatic heterocycles. The quantitative estimate of drug-likeness (QED) is 0.0911. The molecule has 0 saturated heterocycles. The van der Waals surface area contributed by atoms with Crippen molar-refractivity contribution in [2.24, 2.45) is 0 Å². The van der Waals surface area contributed by atoms with E-state index in [4.69, 9.17) is 12.6 Å². The van der Waals surface area contributed by atoms with Gasteiger partial charge in [0.05, 0.1) is 5.82 Å². The summed E-state index contributed by atoms with van der Waals surface area (Å²) in [4.78, 5) is 12.5. The molecule has 265 valence electrons. The predicted molar refractivity (Wildman–Crippen MR) is 213 cm³/mol. The fourth-order valence-electron chi connectivity index (χ4n) is 7.31. The predicted octanol–water partition coefficient (Wildman–Crippen LogP) is 9.98. The van der Waals surface area contributed by atoms with Gasteiger partial charge >= 0.3 is 6.98 Å². The van der Waals surface area contributed by atoms with Crippen molar-refractivity contribution in [2.75, 3.05) is 11.9 Å². The molecule has 0 atom stereocenters. The molecule has 1 aliphatic rings. The normalized spacial score (nSPS) is 12.2. The van der Waals surface area contributed by atoms with Gasteiger partial charge in [0.15, 0.2) is 0 Å². The van der Waals surface area contributed by atoms with Gasteiger partial charge in [0.2, 0.25) is 0 Å². The van der Waals surface area contributed by atoms with Crippen molar-refractivity contribution in [1.82, 2.24) is 19.0 Å². The van der Waals surface area contributed by atoms with Gasteiger partial charge in [0, 0.05) is 61.8 Å². The average molecular weight is 870 g/mol. The van der Waals surface area contributed by atoms with Gasteiger partial charge in [-0.3, -0.25) is 4.98 Å². The number of para-hydroxylation sites is 1. The van der Waals surface area contributed by atoms with E-state index in [-0.39, 0.29) is 27.1 Å². The Labute approximate surface area is 324 Å². The number of aromatic nitrogens is 4. The largest absolute Gasteiger partial charge is 0.779 e. The Kier molecular flexibility index (Phi) is 12.1. The molecule has 7 rings (SSSR count). The van der Waals surface area contributed by atoms with Crippen LogP contribution < -0.4 is 10.3 Å². The molecule has 0 spiro atoms. The first kappa shape index (κ1) is 38.3. The zero-order valence-electron chi connectivity index (χ0n) is 31.2. The van der Waals surface area contributed by atoms with Crippen LogP contribution in [0.15, 0.2) is 109 Å². The van der Waals surface area contributed by atoms with Gasteiger partial charge in [0.25, 0.3) is 0 Å². The van der Waals surface area contributed by atoms with Gasteiger partial charge in [-0.1, -0.05) is 104 Å². The summed E-state index contributed by atoms with van der Waals surface area (Å²) < 4.78 is 4.50. The maximum atomic E-state index is 5.64. The van der Waals surface area contributed by atoms with Crippen molar-refractivity contribution in [3.8, 4) is 28.5 Å². The molecular weight excluding hydrogens is 822 g/mol. The standard InChI is InChI=1S/C22H26BN3S.C21H23N2.Ir/c1-14(2)16-8-6-9-17(15(3)4)21(16)23-25(5)18-10-7-11-19(27)20(18)22-24-12-13-26(22)23;1-15(2)18-11-8-12-19(16(3)4)20(18)23-14-13-22-21(23)17-9-6-5-7-10-17;/h6-15,27H,1-5H3;5-9,11-16H,1-4H3;/q;-1;/p-1. The molecule has 8 heteroatoms. The maximum Gasteiger partial charge on any atom is 0.417 e. The van der Waals surface area contributed by atoms with Gasteiger partial charge in [-0.25, -0.2) is 4.98 Å². The molecule has 2 aromatic heterocycles. The third-order valence-electron chi connectivity index (χ3n) is 9.76. The van der Waals surface area contributed by atoms with E-state index in [2.05, 4.69) is 153 Å². The van der Waals surface area contributed by atoms with Crippen LogP contribution >= 0.6 is 0 Å². The topological polar surface area (TPSA) is 38.9 Å². The van der Waals surface area contributed by atoms with E-state index in [0.717, 1.165) is 33.4 Å².